The van der Waals surface area contributed by atoms with Gasteiger partial charge in [0.05, 0.1) is 5.41 Å². The molecule has 0 radical (unpaired) electrons. The number of nitrogens with zero attached hydrogens (tertiary/aromatic N) is 2. The molecule has 3 aliphatic rings. The fourth-order valence-corrected chi connectivity index (χ4v) is 4.96. The average Bonchev–Trinajstić information content (AvgIpc) is 3.05. The van der Waals surface area contributed by atoms with Crippen molar-refractivity contribution in [1.82, 2.24) is 9.80 Å². The predicted molar refractivity (Wildman–Crippen MR) is 88.3 cm³/mol. The second kappa shape index (κ2) is 6.73. The Kier molecular flexibility index (Phi) is 4.83. The van der Waals surface area contributed by atoms with Crippen LogP contribution in [0.25, 0.3) is 0 Å². The van der Waals surface area contributed by atoms with Crippen LogP contribution in [0.3, 0.4) is 0 Å². The molecule has 0 aliphatic carbocycles. The van der Waals surface area contributed by atoms with Crippen molar-refractivity contribution in [3.05, 3.63) is 0 Å². The van der Waals surface area contributed by atoms with Crippen LogP contribution in [0.4, 0.5) is 0 Å². The summed E-state index contributed by atoms with van der Waals surface area (Å²) in [6.45, 7) is 3.13. The van der Waals surface area contributed by atoms with E-state index in [0.717, 1.165) is 38.6 Å². The molecular formula is C18H28N2O4. The zero-order valence-electron chi connectivity index (χ0n) is 14.5. The first-order chi connectivity index (χ1) is 11.5. The highest BCUT2D eigenvalue weighted by Crippen LogP contribution is 2.52. The van der Waals surface area contributed by atoms with Crippen molar-refractivity contribution in [2.24, 2.45) is 5.41 Å². The lowest BCUT2D eigenvalue weighted by Crippen LogP contribution is -2.45. The molecule has 0 aromatic carbocycles. The molecule has 2 bridgehead atoms. The standard InChI is InChI=1S/C18H28N2O4/c1-2-18(17(23)24)12-13-7-8-14(18)20(13)16(22)9-11-19-10-5-3-4-6-15(19)21/h13-14H,2-12H2,1H3,(H,23,24)/t13-,14+,18+/m0/s1. The van der Waals surface area contributed by atoms with Crippen LogP contribution in [0, 0.1) is 5.41 Å². The van der Waals surface area contributed by atoms with E-state index >= 15 is 0 Å². The highest BCUT2D eigenvalue weighted by Gasteiger charge is 2.60. The first kappa shape index (κ1) is 17.2. The number of carboxylic acid groups (broad SMARTS) is 1. The second-order valence-corrected chi connectivity index (χ2v) is 7.51. The smallest absolute Gasteiger partial charge is 0.311 e. The first-order valence-electron chi connectivity index (χ1n) is 9.32. The Balaban J connectivity index is 1.63. The first-order valence-corrected chi connectivity index (χ1v) is 9.32. The van der Waals surface area contributed by atoms with E-state index in [-0.39, 0.29) is 23.9 Å². The summed E-state index contributed by atoms with van der Waals surface area (Å²) < 4.78 is 0. The molecule has 6 nitrogen and oxygen atoms in total. The second-order valence-electron chi connectivity index (χ2n) is 7.51. The number of rotatable bonds is 5. The van der Waals surface area contributed by atoms with Gasteiger partial charge in [-0.05, 0) is 38.5 Å². The van der Waals surface area contributed by atoms with E-state index in [0.29, 0.717) is 32.2 Å². The summed E-state index contributed by atoms with van der Waals surface area (Å²) in [5, 5.41) is 9.69. The number of aliphatic carboxylic acids is 1. The van der Waals surface area contributed by atoms with Gasteiger partial charge in [-0.1, -0.05) is 13.3 Å². The Morgan fingerprint density at radius 1 is 1.25 bits per heavy atom. The Labute approximate surface area is 143 Å². The number of amides is 2. The van der Waals surface area contributed by atoms with Crippen molar-refractivity contribution in [3.8, 4) is 0 Å². The molecule has 0 saturated carbocycles. The van der Waals surface area contributed by atoms with Crippen molar-refractivity contribution < 1.29 is 19.5 Å². The van der Waals surface area contributed by atoms with Crippen LogP contribution in [-0.2, 0) is 14.4 Å². The van der Waals surface area contributed by atoms with Crippen LogP contribution < -0.4 is 0 Å². The van der Waals surface area contributed by atoms with Crippen molar-refractivity contribution in [3.63, 3.8) is 0 Å². The van der Waals surface area contributed by atoms with Crippen LogP contribution in [0.5, 0.6) is 0 Å². The number of carbonyl (C=O) groups is 3. The molecule has 6 heteroatoms. The van der Waals surface area contributed by atoms with Gasteiger partial charge in [-0.25, -0.2) is 0 Å². The number of likely N-dealkylation sites (tertiary alicyclic amines) is 1. The third-order valence-corrected chi connectivity index (χ3v) is 6.35. The lowest BCUT2D eigenvalue weighted by atomic mass is 9.72. The summed E-state index contributed by atoms with van der Waals surface area (Å²) in [4.78, 5) is 40.3. The molecule has 3 atom stereocenters. The van der Waals surface area contributed by atoms with Crippen LogP contribution in [-0.4, -0.2) is 57.9 Å². The summed E-state index contributed by atoms with van der Waals surface area (Å²) in [5.74, 6) is -0.591. The van der Waals surface area contributed by atoms with Gasteiger partial charge in [0.25, 0.3) is 0 Å². The molecule has 0 unspecified atom stereocenters. The fourth-order valence-electron chi connectivity index (χ4n) is 4.96. The Bertz CT molecular complexity index is 535. The molecule has 3 rings (SSSR count). The van der Waals surface area contributed by atoms with E-state index in [1.165, 1.54) is 0 Å². The number of hydrogen-bond acceptors (Lipinski definition) is 3. The number of hydrogen-bond donors (Lipinski definition) is 1. The fraction of sp³-hybridized carbons (Fsp3) is 0.833. The van der Waals surface area contributed by atoms with E-state index in [4.69, 9.17) is 0 Å². The molecule has 134 valence electrons. The summed E-state index contributed by atoms with van der Waals surface area (Å²) in [7, 11) is 0. The third-order valence-electron chi connectivity index (χ3n) is 6.35. The Morgan fingerprint density at radius 3 is 2.71 bits per heavy atom. The maximum Gasteiger partial charge on any atom is 0.311 e. The summed E-state index contributed by atoms with van der Waals surface area (Å²) in [6.07, 6.45) is 6.77. The van der Waals surface area contributed by atoms with Gasteiger partial charge in [0.1, 0.15) is 0 Å². The molecule has 24 heavy (non-hydrogen) atoms. The van der Waals surface area contributed by atoms with Gasteiger partial charge < -0.3 is 14.9 Å². The van der Waals surface area contributed by atoms with Crippen LogP contribution in [0.1, 0.15) is 64.7 Å². The minimum absolute atomic E-state index is 0.0242. The van der Waals surface area contributed by atoms with Gasteiger partial charge in [0, 0.05) is 38.0 Å². The normalized spacial score (nSPS) is 33.0. The van der Waals surface area contributed by atoms with Crippen molar-refractivity contribution in [1.29, 1.82) is 0 Å². The maximum atomic E-state index is 12.8. The van der Waals surface area contributed by atoms with Crippen molar-refractivity contribution >= 4 is 17.8 Å². The Morgan fingerprint density at radius 2 is 2.04 bits per heavy atom. The zero-order valence-corrected chi connectivity index (χ0v) is 14.5. The minimum atomic E-state index is -0.767. The van der Waals surface area contributed by atoms with Crippen LogP contribution in [0.15, 0.2) is 0 Å². The van der Waals surface area contributed by atoms with Crippen LogP contribution in [0.2, 0.25) is 0 Å². The Hall–Kier alpha value is -1.59. The molecule has 3 heterocycles. The van der Waals surface area contributed by atoms with E-state index < -0.39 is 11.4 Å². The lowest BCUT2D eigenvalue weighted by Gasteiger charge is -2.32. The van der Waals surface area contributed by atoms with Gasteiger partial charge in [0.2, 0.25) is 11.8 Å². The molecule has 3 aliphatic heterocycles. The summed E-state index contributed by atoms with van der Waals surface area (Å²) in [5.41, 5.74) is -0.767. The molecule has 0 aromatic rings. The predicted octanol–water partition coefficient (Wildman–Crippen LogP) is 2.02. The monoisotopic (exact) mass is 336 g/mol. The van der Waals surface area contributed by atoms with Crippen molar-refractivity contribution in [2.45, 2.75) is 76.8 Å². The van der Waals surface area contributed by atoms with E-state index in [1.54, 1.807) is 0 Å². The molecule has 3 saturated heterocycles. The lowest BCUT2D eigenvalue weighted by molar-refractivity contribution is -0.151. The van der Waals surface area contributed by atoms with Gasteiger partial charge in [-0.3, -0.25) is 14.4 Å². The van der Waals surface area contributed by atoms with Gasteiger partial charge >= 0.3 is 5.97 Å². The summed E-state index contributed by atoms with van der Waals surface area (Å²) in [6, 6.07) is -0.101. The highest BCUT2D eigenvalue weighted by molar-refractivity contribution is 5.83. The zero-order chi connectivity index (χ0) is 17.3. The number of carbonyl (C=O) groups excluding carboxylic acids is 2. The molecular weight excluding hydrogens is 308 g/mol. The third kappa shape index (κ3) is 2.80. The summed E-state index contributed by atoms with van der Waals surface area (Å²) >= 11 is 0. The van der Waals surface area contributed by atoms with Gasteiger partial charge in [0.15, 0.2) is 0 Å². The molecule has 0 spiro atoms. The van der Waals surface area contributed by atoms with Crippen LogP contribution >= 0.6 is 0 Å². The minimum Gasteiger partial charge on any atom is -0.481 e. The quantitative estimate of drug-likeness (QED) is 0.833. The topological polar surface area (TPSA) is 77.9 Å². The van der Waals surface area contributed by atoms with E-state index in [9.17, 15) is 19.5 Å². The van der Waals surface area contributed by atoms with Crippen molar-refractivity contribution in [2.75, 3.05) is 13.1 Å². The molecule has 2 amide bonds. The van der Waals surface area contributed by atoms with Gasteiger partial charge in [-0.2, -0.15) is 0 Å². The average molecular weight is 336 g/mol. The number of carboxylic acids is 1. The number of fused-ring (bicyclic) bond motifs is 2. The largest absolute Gasteiger partial charge is 0.481 e. The van der Waals surface area contributed by atoms with E-state index in [1.807, 2.05) is 16.7 Å². The van der Waals surface area contributed by atoms with E-state index in [2.05, 4.69) is 0 Å². The molecule has 3 fully saturated rings. The van der Waals surface area contributed by atoms with Gasteiger partial charge in [-0.15, -0.1) is 0 Å². The molecule has 0 aromatic heterocycles. The SMILES string of the molecule is CC[C@@]1(C(=O)O)C[C@@H]2CC[C@H]1N2C(=O)CCN1CCCCCC1=O. The maximum absolute atomic E-state index is 12.8. The molecule has 1 N–H and O–H groups in total. The highest BCUT2D eigenvalue weighted by atomic mass is 16.4.